The first kappa shape index (κ1) is 50.1. The summed E-state index contributed by atoms with van der Waals surface area (Å²) in [7, 11) is 2.88. The van der Waals surface area contributed by atoms with E-state index in [1.54, 1.807) is 65.8 Å². The van der Waals surface area contributed by atoms with Crippen molar-refractivity contribution in [1.29, 1.82) is 0 Å². The molecule has 0 aromatic heterocycles. The van der Waals surface area contributed by atoms with Gasteiger partial charge in [0.25, 0.3) is 5.91 Å². The second-order valence-corrected chi connectivity index (χ2v) is 17.3. The molecule has 0 saturated carbocycles. The number of likely N-dealkylation sites (N-methyl/N-ethyl adjacent to an activating group) is 1. The fourth-order valence-electron chi connectivity index (χ4n) is 7.43. The van der Waals surface area contributed by atoms with Crippen LogP contribution in [-0.2, 0) is 49.5 Å². The number of hydrogen-bond donors (Lipinski definition) is 7. The molecule has 2 fully saturated rings. The number of hydrogen-bond acceptors (Lipinski definition) is 12. The van der Waals surface area contributed by atoms with Crippen molar-refractivity contribution in [2.75, 3.05) is 20.7 Å². The third kappa shape index (κ3) is 13.3. The molecule has 3 rings (SSSR count). The number of esters is 1. The number of hydrazine groups is 1. The van der Waals surface area contributed by atoms with E-state index in [1.165, 1.54) is 21.1 Å². The Morgan fingerprint density at radius 3 is 2.07 bits per heavy atom. The van der Waals surface area contributed by atoms with Crippen LogP contribution in [0.1, 0.15) is 80.7 Å². The Morgan fingerprint density at radius 2 is 1.52 bits per heavy atom. The van der Waals surface area contributed by atoms with Crippen LogP contribution in [0.3, 0.4) is 0 Å². The van der Waals surface area contributed by atoms with Crippen molar-refractivity contribution in [3.8, 4) is 5.75 Å². The number of aliphatic hydroxyl groups excluding tert-OH is 1. The van der Waals surface area contributed by atoms with Crippen molar-refractivity contribution >= 4 is 47.8 Å². The van der Waals surface area contributed by atoms with Crippen LogP contribution >= 0.6 is 0 Å². The number of cyclic esters (lactones) is 1. The monoisotopic (exact) mass is 858 g/mol. The van der Waals surface area contributed by atoms with E-state index in [9.17, 15) is 43.5 Å². The van der Waals surface area contributed by atoms with Gasteiger partial charge in [0, 0.05) is 26.4 Å². The van der Waals surface area contributed by atoms with Crippen LogP contribution in [0.15, 0.2) is 24.3 Å². The first-order chi connectivity index (χ1) is 28.6. The van der Waals surface area contributed by atoms with E-state index in [2.05, 4.69) is 32.0 Å². The van der Waals surface area contributed by atoms with Crippen LogP contribution in [0.2, 0.25) is 0 Å². The van der Waals surface area contributed by atoms with E-state index in [4.69, 9.17) is 9.47 Å². The van der Waals surface area contributed by atoms with Crippen LogP contribution in [0.25, 0.3) is 0 Å². The molecular formula is C42H66N8O11. The summed E-state index contributed by atoms with van der Waals surface area (Å²) >= 11 is 0. The van der Waals surface area contributed by atoms with Crippen molar-refractivity contribution in [2.45, 2.75) is 136 Å². The van der Waals surface area contributed by atoms with Gasteiger partial charge in [0.1, 0.15) is 54.1 Å². The zero-order valence-electron chi connectivity index (χ0n) is 37.1. The summed E-state index contributed by atoms with van der Waals surface area (Å²) in [5.74, 6) is -6.69. The quantitative estimate of drug-likeness (QED) is 0.104. The lowest BCUT2D eigenvalue weighted by Gasteiger charge is -2.40. The second-order valence-electron chi connectivity index (χ2n) is 17.3. The summed E-state index contributed by atoms with van der Waals surface area (Å²) in [6.07, 6.45) is -2.27. The molecule has 2 aliphatic rings. The lowest BCUT2D eigenvalue weighted by Crippen LogP contribution is -2.67. The van der Waals surface area contributed by atoms with Crippen LogP contribution in [0.5, 0.6) is 5.75 Å². The number of nitrogens with zero attached hydrogens (tertiary/aromatic N) is 2. The largest absolute Gasteiger partial charge is 0.497 e. The third-order valence-electron chi connectivity index (χ3n) is 10.8. The Hall–Kier alpha value is -5.30. The maximum atomic E-state index is 14.5. The number of ether oxygens (including phenoxy) is 2. The van der Waals surface area contributed by atoms with E-state index in [0.29, 0.717) is 17.7 Å². The van der Waals surface area contributed by atoms with Gasteiger partial charge < -0.3 is 46.1 Å². The molecule has 0 bridgehead atoms. The van der Waals surface area contributed by atoms with E-state index in [-0.39, 0.29) is 31.7 Å². The molecule has 19 nitrogen and oxygen atoms in total. The Bertz CT molecular complexity index is 1720. The zero-order valence-corrected chi connectivity index (χ0v) is 37.1. The predicted octanol–water partition coefficient (Wildman–Crippen LogP) is -0.456. The molecule has 0 aliphatic carbocycles. The van der Waals surface area contributed by atoms with Gasteiger partial charge in [-0.15, -0.1) is 0 Å². The molecule has 61 heavy (non-hydrogen) atoms. The van der Waals surface area contributed by atoms with Crippen molar-refractivity contribution in [3.63, 3.8) is 0 Å². The molecule has 9 atom stereocenters. The van der Waals surface area contributed by atoms with Crippen LogP contribution < -0.4 is 36.7 Å². The van der Waals surface area contributed by atoms with Crippen molar-refractivity contribution in [3.05, 3.63) is 29.8 Å². The first-order valence-corrected chi connectivity index (χ1v) is 20.9. The maximum Gasteiger partial charge on any atom is 0.329 e. The summed E-state index contributed by atoms with van der Waals surface area (Å²) in [6, 6.07) is -2.48. The number of carbonyl (C=O) groups excluding carboxylic acids is 8. The predicted molar refractivity (Wildman–Crippen MR) is 223 cm³/mol. The fraction of sp³-hybridized carbons (Fsp3) is 0.667. The van der Waals surface area contributed by atoms with Crippen LogP contribution in [0, 0.1) is 23.7 Å². The number of aliphatic hydroxyl groups is 1. The minimum atomic E-state index is -1.64. The van der Waals surface area contributed by atoms with Gasteiger partial charge in [-0.1, -0.05) is 67.5 Å². The fourth-order valence-corrected chi connectivity index (χ4v) is 7.43. The highest BCUT2D eigenvalue weighted by molar-refractivity contribution is 5.98. The minimum Gasteiger partial charge on any atom is -0.497 e. The molecule has 19 heteroatoms. The first-order valence-electron chi connectivity index (χ1n) is 20.9. The highest BCUT2D eigenvalue weighted by atomic mass is 16.5. The van der Waals surface area contributed by atoms with Gasteiger partial charge in [0.05, 0.1) is 13.2 Å². The molecule has 7 N–H and O–H groups in total. The molecule has 7 amide bonds. The van der Waals surface area contributed by atoms with Crippen molar-refractivity contribution in [2.24, 2.45) is 23.7 Å². The average Bonchev–Trinajstić information content (AvgIpc) is 3.18. The molecule has 2 aliphatic heterocycles. The van der Waals surface area contributed by atoms with Gasteiger partial charge >= 0.3 is 5.97 Å². The maximum absolute atomic E-state index is 14.5. The highest BCUT2D eigenvalue weighted by Crippen LogP contribution is 2.21. The summed E-state index contributed by atoms with van der Waals surface area (Å²) in [4.78, 5) is 112. The molecule has 9 unspecified atom stereocenters. The summed E-state index contributed by atoms with van der Waals surface area (Å²) in [5.41, 5.74) is 3.40. The summed E-state index contributed by atoms with van der Waals surface area (Å²) in [5, 5.41) is 25.0. The van der Waals surface area contributed by atoms with E-state index in [0.717, 1.165) is 9.91 Å². The number of amides is 7. The van der Waals surface area contributed by atoms with Crippen LogP contribution in [0.4, 0.5) is 0 Å². The van der Waals surface area contributed by atoms with Crippen LogP contribution in [-0.4, -0.2) is 138 Å². The Morgan fingerprint density at radius 1 is 0.902 bits per heavy atom. The smallest absolute Gasteiger partial charge is 0.329 e. The number of benzene rings is 1. The second kappa shape index (κ2) is 22.5. The van der Waals surface area contributed by atoms with E-state index in [1.807, 2.05) is 13.8 Å². The van der Waals surface area contributed by atoms with E-state index < -0.39 is 114 Å². The Balaban J connectivity index is 2.25. The molecule has 2 heterocycles. The molecular weight excluding hydrogens is 793 g/mol. The number of rotatable bonds is 12. The van der Waals surface area contributed by atoms with Gasteiger partial charge in [0.2, 0.25) is 35.9 Å². The summed E-state index contributed by atoms with van der Waals surface area (Å²) < 4.78 is 11.2. The molecule has 0 radical (unpaired) electrons. The third-order valence-corrected chi connectivity index (χ3v) is 10.8. The van der Waals surface area contributed by atoms with Crippen molar-refractivity contribution in [1.82, 2.24) is 41.9 Å². The lowest BCUT2D eigenvalue weighted by atomic mass is 9.97. The molecule has 2 saturated heterocycles. The zero-order chi connectivity index (χ0) is 45.9. The number of carbonyl (C=O) groups is 8. The van der Waals surface area contributed by atoms with Gasteiger partial charge in [-0.05, 0) is 54.7 Å². The average molecular weight is 859 g/mol. The molecule has 1 aromatic carbocycles. The Kier molecular flexibility index (Phi) is 18.5. The molecule has 1 aromatic rings. The normalized spacial score (nSPS) is 27.0. The van der Waals surface area contributed by atoms with Crippen molar-refractivity contribution < 1.29 is 52.9 Å². The number of β-amino-alcohol motifs (C(OH)–C–C–N with tert-alkyl or cyclic N) is 1. The van der Waals surface area contributed by atoms with Gasteiger partial charge in [0.15, 0.2) is 0 Å². The topological polar surface area (TPSA) is 254 Å². The number of methoxy groups -OCH3 is 1. The highest BCUT2D eigenvalue weighted by Gasteiger charge is 2.44. The van der Waals surface area contributed by atoms with E-state index >= 15 is 0 Å². The summed E-state index contributed by atoms with van der Waals surface area (Å²) in [6.45, 7) is 15.0. The lowest BCUT2D eigenvalue weighted by molar-refractivity contribution is -0.163. The van der Waals surface area contributed by atoms with Gasteiger partial charge in [-0.25, -0.2) is 10.2 Å². The number of fused-ring (bicyclic) bond motifs is 1. The van der Waals surface area contributed by atoms with Gasteiger partial charge in [-0.2, -0.15) is 0 Å². The van der Waals surface area contributed by atoms with Gasteiger partial charge in [-0.3, -0.25) is 38.6 Å². The standard InChI is InChI=1S/C42H66N8O11/c1-21(2)16-30-40(57)49(10)35(24(7)8)42(59)61-25(9)34(48-38(55)32(22(3)4)43-20-51)39(56)45-29(17-26-12-14-28(60-11)15-13-26)36(53)47-33(23(5)6)41(58)50-31(37(54)46-30)18-27(52)19-44-50/h12-15,20-25,27,29-35,44,52H,16-19H2,1-11H3,(H,43,51)(H,45,56)(H,46,54)(H,47,53)(H,48,55). The SMILES string of the molecule is COc1ccc(CC2NC(=O)C(NC(=O)C(NC=O)C(C)C)C(C)OC(=O)C(C(C)C)N(C)C(=O)C(CC(C)C)NC(=O)C3CC(O)CNN3C(=O)C(C(C)C)NC2=O)cc1. The minimum absolute atomic E-state index is 0.0922. The number of nitrogens with one attached hydrogen (secondary N) is 6. The Labute approximate surface area is 358 Å². The molecule has 0 spiro atoms. The molecule has 340 valence electrons.